The highest BCUT2D eigenvalue weighted by Crippen LogP contribution is 2.11. The van der Waals surface area contributed by atoms with Gasteiger partial charge < -0.3 is 15.5 Å². The molecule has 0 saturated carbocycles. The van der Waals surface area contributed by atoms with Crippen LogP contribution in [0.2, 0.25) is 0 Å². The minimum atomic E-state index is -0.00512. The van der Waals surface area contributed by atoms with Gasteiger partial charge in [0, 0.05) is 32.7 Å². The van der Waals surface area contributed by atoms with Gasteiger partial charge in [0.25, 0.3) is 0 Å². The molecule has 2 aliphatic heterocycles. The summed E-state index contributed by atoms with van der Waals surface area (Å²) in [5.74, 6) is 0.269. The van der Waals surface area contributed by atoms with Gasteiger partial charge in [0.1, 0.15) is 0 Å². The van der Waals surface area contributed by atoms with E-state index in [0.717, 1.165) is 44.5 Å². The fraction of sp³-hybridized carbons (Fsp3) is 0.579. The second-order valence-corrected chi connectivity index (χ2v) is 6.87. The molecule has 2 aliphatic rings. The van der Waals surface area contributed by atoms with Gasteiger partial charge >= 0.3 is 0 Å². The maximum Gasteiger partial charge on any atom is 0.239 e. The number of carbonyl (C=O) groups excluding carboxylic acids is 2. The first kappa shape index (κ1) is 17.9. The van der Waals surface area contributed by atoms with Gasteiger partial charge in [-0.1, -0.05) is 36.8 Å². The molecular weight excluding hydrogens is 316 g/mol. The molecule has 0 spiro atoms. The summed E-state index contributed by atoms with van der Waals surface area (Å²) in [7, 11) is 0. The van der Waals surface area contributed by atoms with Crippen molar-refractivity contribution in [3.05, 3.63) is 35.9 Å². The van der Waals surface area contributed by atoms with Gasteiger partial charge in [-0.25, -0.2) is 0 Å². The van der Waals surface area contributed by atoms with Crippen LogP contribution >= 0.6 is 0 Å². The summed E-state index contributed by atoms with van der Waals surface area (Å²) in [5.41, 5.74) is 1.10. The van der Waals surface area contributed by atoms with Crippen molar-refractivity contribution in [2.45, 2.75) is 31.8 Å². The number of hydrogen-bond donors (Lipinski definition) is 2. The molecule has 2 N–H and O–H groups in total. The van der Waals surface area contributed by atoms with E-state index in [1.54, 1.807) is 0 Å². The standard InChI is InChI=1S/C19H28N4O2/c24-18(21-14-16-6-2-1-3-7-16)15-22-10-12-23(13-11-22)19(25)17-8-4-5-9-20-17/h1-3,6-7,17,20H,4-5,8-15H2,(H,21,24). The Balaban J connectivity index is 1.37. The summed E-state index contributed by atoms with van der Waals surface area (Å²) in [6.45, 7) is 4.85. The smallest absolute Gasteiger partial charge is 0.239 e. The molecule has 0 radical (unpaired) electrons. The molecule has 2 amide bonds. The fourth-order valence-electron chi connectivity index (χ4n) is 3.46. The van der Waals surface area contributed by atoms with E-state index in [4.69, 9.17) is 0 Å². The molecule has 1 aromatic carbocycles. The summed E-state index contributed by atoms with van der Waals surface area (Å²) in [6.07, 6.45) is 3.24. The number of benzene rings is 1. The van der Waals surface area contributed by atoms with Crippen molar-refractivity contribution in [2.24, 2.45) is 0 Å². The molecule has 25 heavy (non-hydrogen) atoms. The number of nitrogens with one attached hydrogen (secondary N) is 2. The SMILES string of the molecule is O=C(CN1CCN(C(=O)C2CCCCN2)CC1)NCc1ccccc1. The Kier molecular flexibility index (Phi) is 6.42. The zero-order valence-corrected chi connectivity index (χ0v) is 14.7. The number of hydrogen-bond acceptors (Lipinski definition) is 4. The van der Waals surface area contributed by atoms with Crippen LogP contribution in [0.15, 0.2) is 30.3 Å². The first-order valence-corrected chi connectivity index (χ1v) is 9.27. The van der Waals surface area contributed by atoms with Crippen molar-refractivity contribution in [3.8, 4) is 0 Å². The number of rotatable bonds is 5. The van der Waals surface area contributed by atoms with E-state index >= 15 is 0 Å². The van der Waals surface area contributed by atoms with Crippen LogP contribution in [0.3, 0.4) is 0 Å². The molecule has 1 aromatic rings. The minimum absolute atomic E-state index is 0.00512. The summed E-state index contributed by atoms with van der Waals surface area (Å²) < 4.78 is 0. The molecular formula is C19H28N4O2. The van der Waals surface area contributed by atoms with Crippen molar-refractivity contribution in [1.29, 1.82) is 0 Å². The van der Waals surface area contributed by atoms with Crippen molar-refractivity contribution in [3.63, 3.8) is 0 Å². The second-order valence-electron chi connectivity index (χ2n) is 6.87. The molecule has 1 atom stereocenters. The van der Waals surface area contributed by atoms with Crippen LogP contribution in [-0.4, -0.2) is 66.9 Å². The predicted molar refractivity (Wildman–Crippen MR) is 97.0 cm³/mol. The van der Waals surface area contributed by atoms with Gasteiger partial charge in [-0.05, 0) is 24.9 Å². The second kappa shape index (κ2) is 8.97. The highest BCUT2D eigenvalue weighted by atomic mass is 16.2. The highest BCUT2D eigenvalue weighted by Gasteiger charge is 2.28. The van der Waals surface area contributed by atoms with Crippen LogP contribution in [0.4, 0.5) is 0 Å². The Labute approximate surface area is 149 Å². The fourth-order valence-corrected chi connectivity index (χ4v) is 3.46. The maximum absolute atomic E-state index is 12.5. The molecule has 0 aromatic heterocycles. The third-order valence-electron chi connectivity index (χ3n) is 4.99. The summed E-state index contributed by atoms with van der Waals surface area (Å²) in [4.78, 5) is 28.7. The molecule has 2 heterocycles. The maximum atomic E-state index is 12.5. The van der Waals surface area contributed by atoms with Crippen molar-refractivity contribution in [2.75, 3.05) is 39.3 Å². The zero-order valence-electron chi connectivity index (χ0n) is 14.7. The highest BCUT2D eigenvalue weighted by molar-refractivity contribution is 5.82. The van der Waals surface area contributed by atoms with Gasteiger partial charge in [0.15, 0.2) is 0 Å². The number of nitrogens with zero attached hydrogens (tertiary/aromatic N) is 2. The van der Waals surface area contributed by atoms with Crippen LogP contribution in [-0.2, 0) is 16.1 Å². The summed E-state index contributed by atoms with van der Waals surface area (Å²) in [6, 6.07) is 9.91. The van der Waals surface area contributed by atoms with Crippen LogP contribution in [0.1, 0.15) is 24.8 Å². The Bertz CT molecular complexity index is 564. The normalized spacial score (nSPS) is 21.8. The predicted octanol–water partition coefficient (Wildman–Crippen LogP) is 0.589. The van der Waals surface area contributed by atoms with Crippen LogP contribution in [0.5, 0.6) is 0 Å². The first-order chi connectivity index (χ1) is 12.2. The Morgan fingerprint density at radius 1 is 1.08 bits per heavy atom. The first-order valence-electron chi connectivity index (χ1n) is 9.27. The van der Waals surface area contributed by atoms with Crippen molar-refractivity contribution < 1.29 is 9.59 Å². The van der Waals surface area contributed by atoms with Crippen LogP contribution < -0.4 is 10.6 Å². The molecule has 6 nitrogen and oxygen atoms in total. The van der Waals surface area contributed by atoms with E-state index in [2.05, 4.69) is 15.5 Å². The molecule has 0 aliphatic carbocycles. The summed E-state index contributed by atoms with van der Waals surface area (Å²) >= 11 is 0. The average Bonchev–Trinajstić information content (AvgIpc) is 2.68. The van der Waals surface area contributed by atoms with E-state index in [1.807, 2.05) is 35.2 Å². The van der Waals surface area contributed by atoms with E-state index in [9.17, 15) is 9.59 Å². The number of piperidine rings is 1. The van der Waals surface area contributed by atoms with Gasteiger partial charge in [-0.3, -0.25) is 14.5 Å². The number of piperazine rings is 1. The monoisotopic (exact) mass is 344 g/mol. The van der Waals surface area contributed by atoms with E-state index < -0.39 is 0 Å². The molecule has 2 saturated heterocycles. The molecule has 3 rings (SSSR count). The summed E-state index contributed by atoms with van der Waals surface area (Å²) in [5, 5.41) is 6.28. The van der Waals surface area contributed by atoms with E-state index in [-0.39, 0.29) is 17.9 Å². The molecule has 2 fully saturated rings. The van der Waals surface area contributed by atoms with Crippen molar-refractivity contribution >= 4 is 11.8 Å². The number of carbonyl (C=O) groups is 2. The van der Waals surface area contributed by atoms with Crippen LogP contribution in [0.25, 0.3) is 0 Å². The largest absolute Gasteiger partial charge is 0.351 e. The quantitative estimate of drug-likeness (QED) is 0.821. The third-order valence-corrected chi connectivity index (χ3v) is 4.99. The molecule has 0 bridgehead atoms. The van der Waals surface area contributed by atoms with Gasteiger partial charge in [0.2, 0.25) is 11.8 Å². The minimum Gasteiger partial charge on any atom is -0.351 e. The van der Waals surface area contributed by atoms with E-state index in [0.29, 0.717) is 26.2 Å². The van der Waals surface area contributed by atoms with Gasteiger partial charge in [-0.15, -0.1) is 0 Å². The lowest BCUT2D eigenvalue weighted by Gasteiger charge is -2.37. The average molecular weight is 344 g/mol. The molecule has 1 unspecified atom stereocenters. The third kappa shape index (κ3) is 5.28. The van der Waals surface area contributed by atoms with Gasteiger partial charge in [-0.2, -0.15) is 0 Å². The Hall–Kier alpha value is -1.92. The lowest BCUT2D eigenvalue weighted by Crippen LogP contribution is -2.56. The topological polar surface area (TPSA) is 64.7 Å². The van der Waals surface area contributed by atoms with E-state index in [1.165, 1.54) is 0 Å². The lowest BCUT2D eigenvalue weighted by atomic mass is 10.0. The Morgan fingerprint density at radius 3 is 2.52 bits per heavy atom. The molecule has 136 valence electrons. The molecule has 6 heteroatoms. The zero-order chi connectivity index (χ0) is 17.5. The van der Waals surface area contributed by atoms with Crippen LogP contribution in [0, 0.1) is 0 Å². The number of amides is 2. The lowest BCUT2D eigenvalue weighted by molar-refractivity contribution is -0.136. The Morgan fingerprint density at radius 2 is 1.84 bits per heavy atom. The van der Waals surface area contributed by atoms with Gasteiger partial charge in [0.05, 0.1) is 12.6 Å². The van der Waals surface area contributed by atoms with Crippen molar-refractivity contribution in [1.82, 2.24) is 20.4 Å².